The van der Waals surface area contributed by atoms with Crippen molar-refractivity contribution < 1.29 is 9.53 Å². The molecule has 0 aliphatic heterocycles. The number of benzene rings is 1. The van der Waals surface area contributed by atoms with Gasteiger partial charge in [-0.2, -0.15) is 0 Å². The standard InChI is InChI=1S/C18H28N2O2/c1-3-15(22-16-9-7-8-14(2)12-16)13-20-17(21)18(19)10-5-4-6-11-18/h7-9,12,15H,3-6,10-11,13,19H2,1-2H3,(H,20,21). The molecule has 1 amide bonds. The van der Waals surface area contributed by atoms with Crippen LogP contribution in [0.15, 0.2) is 24.3 Å². The summed E-state index contributed by atoms with van der Waals surface area (Å²) in [5.74, 6) is 0.819. The van der Waals surface area contributed by atoms with E-state index in [1.165, 1.54) is 12.0 Å². The van der Waals surface area contributed by atoms with Crippen molar-refractivity contribution in [3.8, 4) is 5.75 Å². The number of ether oxygens (including phenoxy) is 1. The maximum absolute atomic E-state index is 12.4. The van der Waals surface area contributed by atoms with E-state index in [1.54, 1.807) is 0 Å². The Morgan fingerprint density at radius 3 is 2.73 bits per heavy atom. The molecule has 1 aromatic rings. The Kier molecular flexibility index (Phi) is 5.83. The lowest BCUT2D eigenvalue weighted by atomic mass is 9.82. The van der Waals surface area contributed by atoms with E-state index in [1.807, 2.05) is 31.2 Å². The van der Waals surface area contributed by atoms with Gasteiger partial charge in [-0.1, -0.05) is 38.3 Å². The molecule has 0 bridgehead atoms. The van der Waals surface area contributed by atoms with Gasteiger partial charge in [0.15, 0.2) is 0 Å². The molecular weight excluding hydrogens is 276 g/mol. The van der Waals surface area contributed by atoms with Crippen LogP contribution in [-0.2, 0) is 4.79 Å². The highest BCUT2D eigenvalue weighted by molar-refractivity contribution is 5.86. The van der Waals surface area contributed by atoms with Crippen LogP contribution in [0.5, 0.6) is 5.75 Å². The number of carbonyl (C=O) groups is 1. The van der Waals surface area contributed by atoms with E-state index in [-0.39, 0.29) is 12.0 Å². The molecule has 0 saturated heterocycles. The Morgan fingerprint density at radius 2 is 2.09 bits per heavy atom. The van der Waals surface area contributed by atoms with Crippen molar-refractivity contribution in [2.45, 2.75) is 64.0 Å². The second-order valence-corrected chi connectivity index (χ2v) is 6.39. The van der Waals surface area contributed by atoms with Crippen molar-refractivity contribution in [1.29, 1.82) is 0 Å². The van der Waals surface area contributed by atoms with Crippen molar-refractivity contribution in [1.82, 2.24) is 5.32 Å². The summed E-state index contributed by atoms with van der Waals surface area (Å²) in [6.45, 7) is 4.60. The molecule has 3 N–H and O–H groups in total. The average Bonchev–Trinajstić information content (AvgIpc) is 2.51. The highest BCUT2D eigenvalue weighted by Gasteiger charge is 2.35. The Bertz CT molecular complexity index is 496. The quantitative estimate of drug-likeness (QED) is 0.849. The fraction of sp³-hybridized carbons (Fsp3) is 0.611. The molecule has 1 aromatic carbocycles. The Labute approximate surface area is 133 Å². The van der Waals surface area contributed by atoms with Crippen molar-refractivity contribution >= 4 is 5.91 Å². The van der Waals surface area contributed by atoms with Gasteiger partial charge in [0.25, 0.3) is 0 Å². The number of hydrogen-bond acceptors (Lipinski definition) is 3. The van der Waals surface area contributed by atoms with Gasteiger partial charge >= 0.3 is 0 Å². The third-order valence-electron chi connectivity index (χ3n) is 4.44. The van der Waals surface area contributed by atoms with Crippen LogP contribution in [0.3, 0.4) is 0 Å². The molecule has 0 heterocycles. The van der Waals surface area contributed by atoms with Crippen LogP contribution in [-0.4, -0.2) is 24.1 Å². The van der Waals surface area contributed by atoms with Gasteiger partial charge in [0.1, 0.15) is 11.9 Å². The van der Waals surface area contributed by atoms with Crippen molar-refractivity contribution in [3.63, 3.8) is 0 Å². The Balaban J connectivity index is 1.86. The predicted octanol–water partition coefficient (Wildman–Crippen LogP) is 2.93. The average molecular weight is 304 g/mol. The van der Waals surface area contributed by atoms with E-state index in [2.05, 4.69) is 12.2 Å². The smallest absolute Gasteiger partial charge is 0.240 e. The molecule has 1 aliphatic rings. The summed E-state index contributed by atoms with van der Waals surface area (Å²) in [6, 6.07) is 7.97. The SMILES string of the molecule is CCC(CNC(=O)C1(N)CCCCC1)Oc1cccc(C)c1. The van der Waals surface area contributed by atoms with Crippen LogP contribution in [0.1, 0.15) is 51.0 Å². The van der Waals surface area contributed by atoms with Crippen molar-refractivity contribution in [3.05, 3.63) is 29.8 Å². The fourth-order valence-corrected chi connectivity index (χ4v) is 2.94. The number of aryl methyl sites for hydroxylation is 1. The molecule has 1 atom stereocenters. The van der Waals surface area contributed by atoms with Gasteiger partial charge in [0.05, 0.1) is 12.1 Å². The molecule has 122 valence electrons. The first-order chi connectivity index (χ1) is 10.5. The number of amides is 1. The van der Waals surface area contributed by atoms with E-state index in [4.69, 9.17) is 10.5 Å². The highest BCUT2D eigenvalue weighted by atomic mass is 16.5. The Morgan fingerprint density at radius 1 is 1.36 bits per heavy atom. The molecule has 4 nitrogen and oxygen atoms in total. The first-order valence-corrected chi connectivity index (χ1v) is 8.34. The molecule has 1 saturated carbocycles. The zero-order valence-electron chi connectivity index (χ0n) is 13.7. The number of hydrogen-bond donors (Lipinski definition) is 2. The summed E-state index contributed by atoms with van der Waals surface area (Å²) in [4.78, 5) is 12.4. The first-order valence-electron chi connectivity index (χ1n) is 8.34. The van der Waals surface area contributed by atoms with Gasteiger partial charge < -0.3 is 15.8 Å². The van der Waals surface area contributed by atoms with E-state index >= 15 is 0 Å². The zero-order valence-corrected chi connectivity index (χ0v) is 13.7. The zero-order chi connectivity index (χ0) is 16.0. The van der Waals surface area contributed by atoms with Gasteiger partial charge in [-0.05, 0) is 43.9 Å². The normalized spacial score (nSPS) is 18.5. The maximum atomic E-state index is 12.4. The lowest BCUT2D eigenvalue weighted by Crippen LogP contribution is -2.56. The molecule has 0 aromatic heterocycles. The van der Waals surface area contributed by atoms with Crippen LogP contribution < -0.4 is 15.8 Å². The maximum Gasteiger partial charge on any atom is 0.240 e. The third-order valence-corrected chi connectivity index (χ3v) is 4.44. The molecule has 1 fully saturated rings. The first kappa shape index (κ1) is 16.8. The Hall–Kier alpha value is -1.55. The topological polar surface area (TPSA) is 64.4 Å². The summed E-state index contributed by atoms with van der Waals surface area (Å²) in [7, 11) is 0. The largest absolute Gasteiger partial charge is 0.489 e. The van der Waals surface area contributed by atoms with E-state index < -0.39 is 5.54 Å². The van der Waals surface area contributed by atoms with E-state index in [9.17, 15) is 4.79 Å². The summed E-state index contributed by atoms with van der Waals surface area (Å²) in [6.07, 6.45) is 5.65. The fourth-order valence-electron chi connectivity index (χ4n) is 2.94. The summed E-state index contributed by atoms with van der Waals surface area (Å²) in [5.41, 5.74) is 6.74. The van der Waals surface area contributed by atoms with Crippen LogP contribution in [0.2, 0.25) is 0 Å². The molecule has 22 heavy (non-hydrogen) atoms. The number of nitrogens with one attached hydrogen (secondary N) is 1. The molecule has 1 aliphatic carbocycles. The van der Waals surface area contributed by atoms with E-state index in [0.717, 1.165) is 37.9 Å². The molecule has 0 radical (unpaired) electrons. The van der Waals surface area contributed by atoms with Crippen LogP contribution in [0.25, 0.3) is 0 Å². The van der Waals surface area contributed by atoms with Gasteiger partial charge in [-0.25, -0.2) is 0 Å². The monoisotopic (exact) mass is 304 g/mol. The molecule has 1 unspecified atom stereocenters. The van der Waals surface area contributed by atoms with Gasteiger partial charge in [-0.3, -0.25) is 4.79 Å². The van der Waals surface area contributed by atoms with Crippen LogP contribution >= 0.6 is 0 Å². The van der Waals surface area contributed by atoms with Gasteiger partial charge in [0, 0.05) is 0 Å². The van der Waals surface area contributed by atoms with Gasteiger partial charge in [-0.15, -0.1) is 0 Å². The molecular formula is C18H28N2O2. The van der Waals surface area contributed by atoms with E-state index in [0.29, 0.717) is 6.54 Å². The summed E-state index contributed by atoms with van der Waals surface area (Å²) >= 11 is 0. The molecule has 0 spiro atoms. The number of carbonyl (C=O) groups excluding carboxylic acids is 1. The van der Waals surface area contributed by atoms with Crippen molar-refractivity contribution in [2.75, 3.05) is 6.54 Å². The lowest BCUT2D eigenvalue weighted by molar-refractivity contribution is -0.127. The minimum atomic E-state index is -0.681. The van der Waals surface area contributed by atoms with Crippen LogP contribution in [0.4, 0.5) is 0 Å². The summed E-state index contributed by atoms with van der Waals surface area (Å²) in [5, 5.41) is 2.99. The number of rotatable bonds is 6. The van der Waals surface area contributed by atoms with Crippen molar-refractivity contribution in [2.24, 2.45) is 5.73 Å². The van der Waals surface area contributed by atoms with Crippen LogP contribution in [0, 0.1) is 6.92 Å². The highest BCUT2D eigenvalue weighted by Crippen LogP contribution is 2.26. The summed E-state index contributed by atoms with van der Waals surface area (Å²) < 4.78 is 5.96. The second-order valence-electron chi connectivity index (χ2n) is 6.39. The third kappa shape index (κ3) is 4.47. The molecule has 2 rings (SSSR count). The lowest BCUT2D eigenvalue weighted by Gasteiger charge is -2.32. The molecule has 4 heteroatoms. The minimum Gasteiger partial charge on any atom is -0.489 e. The number of nitrogens with two attached hydrogens (primary N) is 1. The minimum absolute atomic E-state index is 0.0292. The second kappa shape index (κ2) is 7.63. The van der Waals surface area contributed by atoms with Gasteiger partial charge in [0.2, 0.25) is 5.91 Å². The predicted molar refractivity (Wildman–Crippen MR) is 88.9 cm³/mol.